The molecule has 6 nitrogen and oxygen atoms in total. The van der Waals surface area contributed by atoms with Crippen LogP contribution in [0.1, 0.15) is 20.8 Å². The van der Waals surface area contributed by atoms with E-state index >= 15 is 0 Å². The quantitative estimate of drug-likeness (QED) is 0.904. The van der Waals surface area contributed by atoms with Crippen LogP contribution in [0.5, 0.6) is 0 Å². The lowest BCUT2D eigenvalue weighted by Gasteiger charge is -2.24. The molecular weight excluding hydrogens is 318 g/mol. The number of aliphatic hydroxyl groups excluding tert-OH is 1. The number of β-amino-alcohol motifs (C(OH)–C–C–N with tert-alkyl or cyclic N) is 1. The fourth-order valence-electron chi connectivity index (χ4n) is 2.50. The van der Waals surface area contributed by atoms with Gasteiger partial charge in [-0.05, 0) is 32.9 Å². The Morgan fingerprint density at radius 2 is 1.87 bits per heavy atom. The minimum Gasteiger partial charge on any atom is -0.444 e. The number of amides is 1. The third kappa shape index (κ3) is 4.68. The molecule has 0 aromatic heterocycles. The number of sulfone groups is 1. The van der Waals surface area contributed by atoms with Crippen LogP contribution in [0.2, 0.25) is 0 Å². The molecule has 7 heteroatoms. The van der Waals surface area contributed by atoms with Gasteiger partial charge in [-0.25, -0.2) is 13.2 Å². The van der Waals surface area contributed by atoms with E-state index in [0.717, 1.165) is 0 Å². The van der Waals surface area contributed by atoms with Crippen molar-refractivity contribution in [3.63, 3.8) is 0 Å². The second-order valence-electron chi connectivity index (χ2n) is 6.81. The molecule has 0 spiro atoms. The van der Waals surface area contributed by atoms with Gasteiger partial charge in [-0.2, -0.15) is 0 Å². The summed E-state index contributed by atoms with van der Waals surface area (Å²) < 4.78 is 30.0. The molecule has 1 amide bonds. The molecule has 0 aliphatic carbocycles. The Morgan fingerprint density at radius 3 is 2.43 bits per heavy atom. The predicted octanol–water partition coefficient (Wildman–Crippen LogP) is 1.69. The third-order valence-electron chi connectivity index (χ3n) is 3.59. The maximum absolute atomic E-state index is 12.4. The molecule has 2 unspecified atom stereocenters. The Morgan fingerprint density at radius 1 is 1.26 bits per heavy atom. The van der Waals surface area contributed by atoms with Crippen LogP contribution in [0.4, 0.5) is 4.79 Å². The zero-order chi connectivity index (χ0) is 17.3. The summed E-state index contributed by atoms with van der Waals surface area (Å²) in [4.78, 5) is 13.6. The van der Waals surface area contributed by atoms with Gasteiger partial charge in [0.1, 0.15) is 5.60 Å². The van der Waals surface area contributed by atoms with E-state index in [9.17, 15) is 18.3 Å². The van der Waals surface area contributed by atoms with Crippen molar-refractivity contribution in [1.82, 2.24) is 4.90 Å². The number of hydrogen-bond donors (Lipinski definition) is 1. The molecule has 1 fully saturated rings. The summed E-state index contributed by atoms with van der Waals surface area (Å²) in [5, 5.41) is 10.1. The fourth-order valence-corrected chi connectivity index (χ4v) is 4.15. The first-order valence-corrected chi connectivity index (χ1v) is 9.17. The molecule has 2 rings (SSSR count). The normalized spacial score (nSPS) is 22.2. The highest BCUT2D eigenvalue weighted by Gasteiger charge is 2.38. The summed E-state index contributed by atoms with van der Waals surface area (Å²) >= 11 is 0. The zero-order valence-corrected chi connectivity index (χ0v) is 14.4. The van der Waals surface area contributed by atoms with Crippen molar-refractivity contribution in [3.05, 3.63) is 30.3 Å². The molecule has 2 atom stereocenters. The van der Waals surface area contributed by atoms with Gasteiger partial charge in [-0.1, -0.05) is 18.2 Å². The van der Waals surface area contributed by atoms with Crippen molar-refractivity contribution in [3.8, 4) is 0 Å². The van der Waals surface area contributed by atoms with Gasteiger partial charge in [-0.3, -0.25) is 0 Å². The Bertz CT molecular complexity index is 651. The van der Waals surface area contributed by atoms with Gasteiger partial charge in [0.15, 0.2) is 9.84 Å². The van der Waals surface area contributed by atoms with Crippen LogP contribution in [0.3, 0.4) is 0 Å². The van der Waals surface area contributed by atoms with Gasteiger partial charge in [0.25, 0.3) is 0 Å². The molecule has 1 aromatic carbocycles. The number of carbonyl (C=O) groups excluding carboxylic acids is 1. The topological polar surface area (TPSA) is 83.9 Å². The summed E-state index contributed by atoms with van der Waals surface area (Å²) in [5.41, 5.74) is -0.629. The summed E-state index contributed by atoms with van der Waals surface area (Å²) in [7, 11) is -3.50. The second-order valence-corrected chi connectivity index (χ2v) is 8.84. The van der Waals surface area contributed by atoms with Crippen molar-refractivity contribution in [2.45, 2.75) is 37.4 Å². The average molecular weight is 341 g/mol. The van der Waals surface area contributed by atoms with Crippen LogP contribution in [0.25, 0.3) is 0 Å². The van der Waals surface area contributed by atoms with E-state index in [-0.39, 0.29) is 23.7 Å². The summed E-state index contributed by atoms with van der Waals surface area (Å²) in [6.07, 6.45) is -1.41. The third-order valence-corrected chi connectivity index (χ3v) is 5.45. The number of aliphatic hydroxyl groups is 1. The van der Waals surface area contributed by atoms with E-state index in [0.29, 0.717) is 0 Å². The van der Waals surface area contributed by atoms with E-state index in [2.05, 4.69) is 0 Å². The van der Waals surface area contributed by atoms with Gasteiger partial charge < -0.3 is 14.7 Å². The van der Waals surface area contributed by atoms with Gasteiger partial charge in [0.2, 0.25) is 0 Å². The SMILES string of the molecule is CC(C)(C)OC(=O)N1CC(O)C(CS(=O)(=O)c2ccccc2)C1. The molecule has 0 bridgehead atoms. The highest BCUT2D eigenvalue weighted by Crippen LogP contribution is 2.24. The highest BCUT2D eigenvalue weighted by molar-refractivity contribution is 7.91. The molecule has 1 aromatic rings. The summed E-state index contributed by atoms with van der Waals surface area (Å²) in [6, 6.07) is 8.12. The van der Waals surface area contributed by atoms with Crippen molar-refractivity contribution in [1.29, 1.82) is 0 Å². The zero-order valence-electron chi connectivity index (χ0n) is 13.6. The van der Waals surface area contributed by atoms with E-state index in [1.54, 1.807) is 39.0 Å². The molecule has 1 heterocycles. The minimum atomic E-state index is -3.50. The molecule has 1 saturated heterocycles. The lowest BCUT2D eigenvalue weighted by molar-refractivity contribution is 0.0270. The molecule has 128 valence electrons. The number of carbonyl (C=O) groups is 1. The van der Waals surface area contributed by atoms with E-state index in [1.165, 1.54) is 17.0 Å². The number of benzene rings is 1. The Hall–Kier alpha value is -1.60. The molecule has 1 aliphatic rings. The molecule has 1 aliphatic heterocycles. The van der Waals surface area contributed by atoms with Crippen molar-refractivity contribution in [2.75, 3.05) is 18.8 Å². The van der Waals surface area contributed by atoms with Crippen LogP contribution in [0, 0.1) is 5.92 Å². The van der Waals surface area contributed by atoms with E-state index in [4.69, 9.17) is 4.74 Å². The first-order chi connectivity index (χ1) is 10.6. The number of ether oxygens (including phenoxy) is 1. The molecular formula is C16H23NO5S. The smallest absolute Gasteiger partial charge is 0.410 e. The Balaban J connectivity index is 2.04. The molecule has 0 radical (unpaired) electrons. The maximum atomic E-state index is 12.4. The van der Waals surface area contributed by atoms with Crippen LogP contribution in [-0.2, 0) is 14.6 Å². The minimum absolute atomic E-state index is 0.0872. The Kier molecular flexibility index (Phi) is 5.01. The van der Waals surface area contributed by atoms with Gasteiger partial charge in [0, 0.05) is 12.5 Å². The average Bonchev–Trinajstić information content (AvgIpc) is 2.79. The fraction of sp³-hybridized carbons (Fsp3) is 0.562. The largest absolute Gasteiger partial charge is 0.444 e. The van der Waals surface area contributed by atoms with Crippen LogP contribution in [-0.4, -0.2) is 55.1 Å². The molecule has 0 saturated carbocycles. The monoisotopic (exact) mass is 341 g/mol. The number of hydrogen-bond acceptors (Lipinski definition) is 5. The van der Waals surface area contributed by atoms with Gasteiger partial charge >= 0.3 is 6.09 Å². The molecule has 1 N–H and O–H groups in total. The lowest BCUT2D eigenvalue weighted by Crippen LogP contribution is -2.36. The number of likely N-dealkylation sites (tertiary alicyclic amines) is 1. The van der Waals surface area contributed by atoms with Gasteiger partial charge in [0.05, 0.1) is 23.3 Å². The summed E-state index contributed by atoms with van der Waals surface area (Å²) in [5.74, 6) is -0.718. The second kappa shape index (κ2) is 6.49. The predicted molar refractivity (Wildman–Crippen MR) is 85.8 cm³/mol. The van der Waals surface area contributed by atoms with E-state index < -0.39 is 33.6 Å². The van der Waals surface area contributed by atoms with Crippen LogP contribution in [0.15, 0.2) is 35.2 Å². The van der Waals surface area contributed by atoms with Crippen LogP contribution >= 0.6 is 0 Å². The summed E-state index contributed by atoms with van der Waals surface area (Å²) in [6.45, 7) is 5.53. The first-order valence-electron chi connectivity index (χ1n) is 7.52. The number of nitrogens with zero attached hydrogens (tertiary/aromatic N) is 1. The van der Waals surface area contributed by atoms with E-state index in [1.807, 2.05) is 0 Å². The maximum Gasteiger partial charge on any atom is 0.410 e. The van der Waals surface area contributed by atoms with Crippen molar-refractivity contribution < 1.29 is 23.1 Å². The molecule has 23 heavy (non-hydrogen) atoms. The van der Waals surface area contributed by atoms with Crippen LogP contribution < -0.4 is 0 Å². The first kappa shape index (κ1) is 17.7. The standard InChI is InChI=1S/C16H23NO5S/c1-16(2,3)22-15(19)17-9-12(14(18)10-17)11-23(20,21)13-7-5-4-6-8-13/h4-8,12,14,18H,9-11H2,1-3H3. The van der Waals surface area contributed by atoms with Crippen molar-refractivity contribution in [2.24, 2.45) is 5.92 Å². The lowest BCUT2D eigenvalue weighted by atomic mass is 10.1. The number of rotatable bonds is 3. The van der Waals surface area contributed by atoms with Crippen molar-refractivity contribution >= 4 is 15.9 Å². The van der Waals surface area contributed by atoms with Gasteiger partial charge in [-0.15, -0.1) is 0 Å². The Labute approximate surface area is 137 Å². The highest BCUT2D eigenvalue weighted by atomic mass is 32.2.